The molecule has 0 amide bonds. The first-order valence-corrected chi connectivity index (χ1v) is 19.5. The molecule has 1 aromatic carbocycles. The van der Waals surface area contributed by atoms with Crippen LogP contribution in [-0.2, 0) is 39.7 Å². The third-order valence-electron chi connectivity index (χ3n) is 9.47. The van der Waals surface area contributed by atoms with E-state index in [4.69, 9.17) is 4.74 Å². The Bertz CT molecular complexity index is 1850. The van der Waals surface area contributed by atoms with E-state index in [0.717, 1.165) is 55.3 Å². The molecule has 304 valence electrons. The average Bonchev–Trinajstić information content (AvgIpc) is 3.08. The molecule has 4 rings (SSSR count). The molecule has 55 heavy (non-hydrogen) atoms. The van der Waals surface area contributed by atoms with Crippen LogP contribution in [0.4, 0.5) is 51.3 Å². The quantitative estimate of drug-likeness (QED) is 0.139. The summed E-state index contributed by atoms with van der Waals surface area (Å²) in [7, 11) is -3.40. The lowest BCUT2D eigenvalue weighted by Crippen LogP contribution is -2.35. The molecular formula is C36H42F9N5O4S. The Morgan fingerprint density at radius 3 is 1.87 bits per heavy atom. The maximum Gasteiger partial charge on any atom is 0.417 e. The van der Waals surface area contributed by atoms with Crippen molar-refractivity contribution in [3.63, 3.8) is 0 Å². The second-order valence-corrected chi connectivity index (χ2v) is 16.1. The van der Waals surface area contributed by atoms with Crippen molar-refractivity contribution in [2.75, 3.05) is 41.5 Å². The van der Waals surface area contributed by atoms with Crippen molar-refractivity contribution in [1.29, 1.82) is 0 Å². The number of nitrogens with zero attached hydrogens (tertiary/aromatic N) is 5. The first-order valence-electron chi connectivity index (χ1n) is 17.4. The van der Waals surface area contributed by atoms with Gasteiger partial charge in [-0.05, 0) is 88.1 Å². The minimum atomic E-state index is -5.17. The molecular weight excluding hydrogens is 769 g/mol. The molecule has 1 atom stereocenters. The molecule has 19 heteroatoms. The van der Waals surface area contributed by atoms with Crippen LogP contribution in [0.3, 0.4) is 0 Å². The number of sulfone groups is 1. The van der Waals surface area contributed by atoms with Crippen molar-refractivity contribution in [2.24, 2.45) is 11.8 Å². The summed E-state index contributed by atoms with van der Waals surface area (Å²) in [5.41, 5.74) is -4.83. The predicted octanol–water partition coefficient (Wildman–Crippen LogP) is 8.73. The van der Waals surface area contributed by atoms with Crippen LogP contribution in [0.1, 0.15) is 86.7 Å². The topological polar surface area (TPSA) is 106 Å². The highest BCUT2D eigenvalue weighted by Crippen LogP contribution is 2.40. The standard InChI is InChI=1S/C36H42F9N5O4S/c1-5-49(20-25-8-6-24(7-9-25)12-22(2)51)32-27(15-30(17-46-32)36(43,44)45)21-50(33-47-18-31(19-48-33)54-10-11-55(4,52)53)23(3)26-13-28(34(37,38)39)16-29(14-26)35(40,41)42/h13-19,23-25H,5-12,20-21H2,1-4H3/t23?,24-,25-. The zero-order chi connectivity index (χ0) is 40.9. The van der Waals surface area contributed by atoms with Gasteiger partial charge in [-0.25, -0.2) is 23.4 Å². The number of benzene rings is 1. The number of alkyl halides is 9. The first kappa shape index (κ1) is 43.6. The molecule has 1 unspecified atom stereocenters. The van der Waals surface area contributed by atoms with E-state index in [1.807, 2.05) is 0 Å². The minimum absolute atomic E-state index is 0.0185. The first-order chi connectivity index (χ1) is 25.4. The molecule has 1 aliphatic rings. The molecule has 2 heterocycles. The molecule has 2 aromatic heterocycles. The summed E-state index contributed by atoms with van der Waals surface area (Å²) in [5, 5.41) is 0. The maximum atomic E-state index is 14.1. The summed E-state index contributed by atoms with van der Waals surface area (Å²) in [6.45, 7) is 4.45. The largest absolute Gasteiger partial charge is 0.489 e. The van der Waals surface area contributed by atoms with Crippen molar-refractivity contribution in [3.8, 4) is 5.75 Å². The van der Waals surface area contributed by atoms with E-state index in [1.165, 1.54) is 13.8 Å². The number of rotatable bonds is 15. The zero-order valence-corrected chi connectivity index (χ0v) is 31.3. The Hall–Kier alpha value is -4.16. The second kappa shape index (κ2) is 17.3. The Labute approximate surface area is 313 Å². The maximum absolute atomic E-state index is 14.1. The molecule has 3 aromatic rings. The van der Waals surface area contributed by atoms with Crippen LogP contribution in [0.2, 0.25) is 0 Å². The van der Waals surface area contributed by atoms with Crippen molar-refractivity contribution < 1.29 is 57.5 Å². The van der Waals surface area contributed by atoms with Gasteiger partial charge in [-0.2, -0.15) is 39.5 Å². The van der Waals surface area contributed by atoms with Gasteiger partial charge in [0.25, 0.3) is 0 Å². The van der Waals surface area contributed by atoms with E-state index < -0.39 is 63.2 Å². The van der Waals surface area contributed by atoms with E-state index in [2.05, 4.69) is 15.0 Å². The van der Waals surface area contributed by atoms with Crippen molar-refractivity contribution in [3.05, 3.63) is 70.7 Å². The van der Waals surface area contributed by atoms with E-state index in [0.29, 0.717) is 37.8 Å². The van der Waals surface area contributed by atoms with Crippen LogP contribution in [0.15, 0.2) is 42.9 Å². The average molecular weight is 812 g/mol. The summed E-state index contributed by atoms with van der Waals surface area (Å²) >= 11 is 0. The summed E-state index contributed by atoms with van der Waals surface area (Å²) < 4.78 is 154. The molecule has 0 bridgehead atoms. The van der Waals surface area contributed by atoms with Gasteiger partial charge in [-0.15, -0.1) is 0 Å². The van der Waals surface area contributed by atoms with Crippen molar-refractivity contribution >= 4 is 27.4 Å². The Balaban J connectivity index is 1.80. The van der Waals surface area contributed by atoms with Gasteiger partial charge in [0.2, 0.25) is 5.95 Å². The van der Waals surface area contributed by atoms with Crippen molar-refractivity contribution in [2.45, 2.75) is 84.0 Å². The monoisotopic (exact) mass is 811 g/mol. The molecule has 1 fully saturated rings. The second-order valence-electron chi connectivity index (χ2n) is 13.9. The van der Waals surface area contributed by atoms with Gasteiger partial charge in [-0.3, -0.25) is 0 Å². The Morgan fingerprint density at radius 1 is 0.836 bits per heavy atom. The summed E-state index contributed by atoms with van der Waals surface area (Å²) in [6, 6.07) is 0.476. The van der Waals surface area contributed by atoms with E-state index in [1.54, 1.807) is 11.8 Å². The van der Waals surface area contributed by atoms with E-state index in [-0.39, 0.29) is 59.1 Å². The lowest BCUT2D eigenvalue weighted by Gasteiger charge is -2.35. The lowest BCUT2D eigenvalue weighted by atomic mass is 9.79. The highest BCUT2D eigenvalue weighted by Gasteiger charge is 2.39. The van der Waals surface area contributed by atoms with Crippen LogP contribution in [0.5, 0.6) is 5.75 Å². The fourth-order valence-corrected chi connectivity index (χ4v) is 6.95. The molecule has 9 nitrogen and oxygen atoms in total. The van der Waals surface area contributed by atoms with E-state index in [9.17, 15) is 52.7 Å². The van der Waals surface area contributed by atoms with Crippen molar-refractivity contribution in [1.82, 2.24) is 15.0 Å². The smallest absolute Gasteiger partial charge is 0.417 e. The summed E-state index contributed by atoms with van der Waals surface area (Å²) in [6.07, 6.45) is -7.76. The van der Waals surface area contributed by atoms with Crippen LogP contribution in [0, 0.1) is 11.8 Å². The number of aromatic nitrogens is 3. The third-order valence-corrected chi connectivity index (χ3v) is 10.4. The van der Waals surface area contributed by atoms with Gasteiger partial charge in [0.15, 0.2) is 15.6 Å². The Kier molecular flexibility index (Phi) is 13.7. The lowest BCUT2D eigenvalue weighted by molar-refractivity contribution is -0.143. The predicted molar refractivity (Wildman–Crippen MR) is 186 cm³/mol. The fourth-order valence-electron chi connectivity index (χ4n) is 6.57. The van der Waals surface area contributed by atoms with Gasteiger partial charge >= 0.3 is 18.5 Å². The number of anilines is 2. The number of carbonyl (C=O) groups is 1. The SMILES string of the molecule is CCN(C[C@H]1CC[C@H](CC(C)=O)CC1)c1ncc(C(F)(F)F)cc1CN(c1ncc(OCCS(C)(=O)=O)cn1)C(C)c1cc(C(F)(F)F)cc(C(F)(F)F)c1. The van der Waals surface area contributed by atoms with Crippen LogP contribution in [-0.4, -0.2) is 60.9 Å². The Morgan fingerprint density at radius 2 is 1.38 bits per heavy atom. The molecule has 0 spiro atoms. The molecule has 1 saturated carbocycles. The molecule has 0 aliphatic heterocycles. The normalized spacial score (nSPS) is 17.5. The third kappa shape index (κ3) is 12.4. The number of pyridine rings is 1. The number of hydrogen-bond donors (Lipinski definition) is 0. The highest BCUT2D eigenvalue weighted by atomic mass is 32.2. The number of Topliss-reactive ketones (excluding diaryl/α,β-unsaturated/α-hetero) is 1. The van der Waals surface area contributed by atoms with E-state index >= 15 is 0 Å². The van der Waals surface area contributed by atoms with Gasteiger partial charge in [0.05, 0.1) is 47.4 Å². The van der Waals surface area contributed by atoms with Gasteiger partial charge < -0.3 is 19.3 Å². The molecule has 0 radical (unpaired) electrons. The highest BCUT2D eigenvalue weighted by molar-refractivity contribution is 7.90. The number of hydrogen-bond acceptors (Lipinski definition) is 9. The molecule has 0 N–H and O–H groups in total. The number of halogens is 9. The van der Waals surface area contributed by atoms with Gasteiger partial charge in [0, 0.05) is 37.5 Å². The number of ether oxygens (including phenoxy) is 1. The molecule has 1 aliphatic carbocycles. The van der Waals surface area contributed by atoms with Crippen LogP contribution in [0.25, 0.3) is 0 Å². The van der Waals surface area contributed by atoms with Gasteiger partial charge in [-0.1, -0.05) is 0 Å². The fraction of sp³-hybridized carbons (Fsp3) is 0.556. The van der Waals surface area contributed by atoms with Gasteiger partial charge in [0.1, 0.15) is 18.2 Å². The minimum Gasteiger partial charge on any atom is -0.489 e. The zero-order valence-electron chi connectivity index (χ0n) is 30.5. The number of carbonyl (C=O) groups excluding carboxylic acids is 1. The summed E-state index contributed by atoms with van der Waals surface area (Å²) in [4.78, 5) is 27.2. The van der Waals surface area contributed by atoms with Crippen LogP contribution >= 0.6 is 0 Å². The van der Waals surface area contributed by atoms with Crippen LogP contribution < -0.4 is 14.5 Å². The molecule has 0 saturated heterocycles. The number of ketones is 1. The summed E-state index contributed by atoms with van der Waals surface area (Å²) in [5.74, 6) is -0.0931.